The molecule has 4 heteroatoms. The summed E-state index contributed by atoms with van der Waals surface area (Å²) >= 11 is 0. The number of fused-ring (bicyclic) bond motifs is 1. The lowest BCUT2D eigenvalue weighted by Crippen LogP contribution is -2.28. The first kappa shape index (κ1) is 10.5. The van der Waals surface area contributed by atoms with E-state index in [2.05, 4.69) is 27.4 Å². The Bertz CT molecular complexity index is 584. The second-order valence-electron chi connectivity index (χ2n) is 4.57. The van der Waals surface area contributed by atoms with Crippen LogP contribution in [0.2, 0.25) is 0 Å². The minimum atomic E-state index is -0.149. The number of hydrogen-bond acceptors (Lipinski definition) is 3. The fourth-order valence-electron chi connectivity index (χ4n) is 2.44. The highest BCUT2D eigenvalue weighted by Crippen LogP contribution is 2.24. The van der Waals surface area contributed by atoms with E-state index in [-0.39, 0.29) is 5.56 Å². The van der Waals surface area contributed by atoms with Crippen LogP contribution in [-0.4, -0.2) is 23.1 Å². The van der Waals surface area contributed by atoms with Crippen molar-refractivity contribution in [1.29, 1.82) is 0 Å². The fourth-order valence-corrected chi connectivity index (χ4v) is 2.44. The Morgan fingerprint density at radius 1 is 1.35 bits per heavy atom. The first-order valence-electron chi connectivity index (χ1n) is 6.02. The number of aromatic nitrogens is 2. The van der Waals surface area contributed by atoms with Crippen molar-refractivity contribution < 1.29 is 0 Å². The van der Waals surface area contributed by atoms with Gasteiger partial charge < -0.3 is 10.3 Å². The van der Waals surface area contributed by atoms with Crippen molar-refractivity contribution in [2.75, 3.05) is 13.1 Å². The molecule has 1 unspecified atom stereocenters. The standard InChI is InChI=1S/C13H15N3O/c17-13-8-15-12-6-9(3-4-11(12)16-13)10-2-1-5-14-7-10/h3-4,6,8,10,14H,1-2,5,7H2,(H,16,17). The smallest absolute Gasteiger partial charge is 0.266 e. The van der Waals surface area contributed by atoms with Gasteiger partial charge in [0, 0.05) is 6.54 Å². The normalized spacial score (nSPS) is 20.6. The maximum Gasteiger partial charge on any atom is 0.266 e. The quantitative estimate of drug-likeness (QED) is 0.777. The second-order valence-corrected chi connectivity index (χ2v) is 4.57. The summed E-state index contributed by atoms with van der Waals surface area (Å²) < 4.78 is 0. The SMILES string of the molecule is O=c1cnc2cc(C3CCCNC3)ccc2[nH]1. The van der Waals surface area contributed by atoms with Crippen LogP contribution in [0.5, 0.6) is 0 Å². The van der Waals surface area contributed by atoms with Crippen LogP contribution in [0, 0.1) is 0 Å². The molecule has 4 nitrogen and oxygen atoms in total. The molecule has 1 saturated heterocycles. The van der Waals surface area contributed by atoms with Gasteiger partial charge in [0.1, 0.15) is 0 Å². The van der Waals surface area contributed by atoms with E-state index in [0.717, 1.165) is 24.1 Å². The number of piperidine rings is 1. The van der Waals surface area contributed by atoms with Gasteiger partial charge in [-0.2, -0.15) is 0 Å². The van der Waals surface area contributed by atoms with Crippen molar-refractivity contribution >= 4 is 11.0 Å². The van der Waals surface area contributed by atoms with Crippen molar-refractivity contribution in [2.45, 2.75) is 18.8 Å². The Morgan fingerprint density at radius 2 is 2.29 bits per heavy atom. The molecule has 0 bridgehead atoms. The molecule has 1 aromatic carbocycles. The number of nitrogens with one attached hydrogen (secondary N) is 2. The molecule has 0 saturated carbocycles. The third kappa shape index (κ3) is 2.08. The summed E-state index contributed by atoms with van der Waals surface area (Å²) in [6.07, 6.45) is 3.79. The molecule has 2 aromatic rings. The highest BCUT2D eigenvalue weighted by molar-refractivity contribution is 5.74. The van der Waals surface area contributed by atoms with Gasteiger partial charge in [-0.1, -0.05) is 6.07 Å². The Kier molecular flexibility index (Phi) is 2.65. The summed E-state index contributed by atoms with van der Waals surface area (Å²) in [4.78, 5) is 18.1. The topological polar surface area (TPSA) is 57.8 Å². The maximum absolute atomic E-state index is 11.1. The van der Waals surface area contributed by atoms with Gasteiger partial charge >= 0.3 is 0 Å². The number of rotatable bonds is 1. The van der Waals surface area contributed by atoms with Gasteiger partial charge in [0.15, 0.2) is 0 Å². The van der Waals surface area contributed by atoms with E-state index in [1.165, 1.54) is 24.6 Å². The Balaban J connectivity index is 2.01. The lowest BCUT2D eigenvalue weighted by atomic mass is 9.91. The Hall–Kier alpha value is -1.68. The van der Waals surface area contributed by atoms with E-state index in [0.29, 0.717) is 5.92 Å². The zero-order valence-corrected chi connectivity index (χ0v) is 9.57. The fraction of sp³-hybridized carbons (Fsp3) is 0.385. The van der Waals surface area contributed by atoms with E-state index in [9.17, 15) is 4.79 Å². The van der Waals surface area contributed by atoms with Crippen molar-refractivity contribution in [3.05, 3.63) is 40.3 Å². The van der Waals surface area contributed by atoms with Crippen molar-refractivity contribution in [3.63, 3.8) is 0 Å². The van der Waals surface area contributed by atoms with Crippen LogP contribution >= 0.6 is 0 Å². The zero-order chi connectivity index (χ0) is 11.7. The van der Waals surface area contributed by atoms with Gasteiger partial charge in [-0.05, 0) is 43.0 Å². The van der Waals surface area contributed by atoms with Crippen molar-refractivity contribution in [3.8, 4) is 0 Å². The maximum atomic E-state index is 11.1. The molecule has 1 aromatic heterocycles. The summed E-state index contributed by atoms with van der Waals surface area (Å²) in [5.41, 5.74) is 2.84. The van der Waals surface area contributed by atoms with Crippen LogP contribution in [0.25, 0.3) is 11.0 Å². The molecule has 0 amide bonds. The van der Waals surface area contributed by atoms with Crippen LogP contribution in [0.4, 0.5) is 0 Å². The average Bonchev–Trinajstić information content (AvgIpc) is 2.39. The molecule has 1 aliphatic rings. The highest BCUT2D eigenvalue weighted by Gasteiger charge is 2.15. The van der Waals surface area contributed by atoms with Gasteiger partial charge in [0.25, 0.3) is 5.56 Å². The zero-order valence-electron chi connectivity index (χ0n) is 9.57. The molecule has 1 atom stereocenters. The summed E-state index contributed by atoms with van der Waals surface area (Å²) in [5.74, 6) is 0.571. The van der Waals surface area contributed by atoms with Crippen LogP contribution in [0.15, 0.2) is 29.2 Å². The third-order valence-corrected chi connectivity index (χ3v) is 3.37. The van der Waals surface area contributed by atoms with Gasteiger partial charge in [0.05, 0.1) is 17.2 Å². The molecule has 17 heavy (non-hydrogen) atoms. The van der Waals surface area contributed by atoms with Gasteiger partial charge in [-0.3, -0.25) is 4.79 Å². The molecular weight excluding hydrogens is 214 g/mol. The molecule has 0 radical (unpaired) electrons. The lowest BCUT2D eigenvalue weighted by Gasteiger charge is -2.23. The van der Waals surface area contributed by atoms with E-state index >= 15 is 0 Å². The van der Waals surface area contributed by atoms with Crippen LogP contribution < -0.4 is 10.9 Å². The van der Waals surface area contributed by atoms with Gasteiger partial charge in [0.2, 0.25) is 0 Å². The predicted molar refractivity (Wildman–Crippen MR) is 67.2 cm³/mol. The molecular formula is C13H15N3O. The van der Waals surface area contributed by atoms with Crippen molar-refractivity contribution in [1.82, 2.24) is 15.3 Å². The van der Waals surface area contributed by atoms with Crippen LogP contribution in [-0.2, 0) is 0 Å². The monoisotopic (exact) mass is 229 g/mol. The van der Waals surface area contributed by atoms with Crippen LogP contribution in [0.3, 0.4) is 0 Å². The highest BCUT2D eigenvalue weighted by atomic mass is 16.1. The van der Waals surface area contributed by atoms with E-state index < -0.39 is 0 Å². The predicted octanol–water partition coefficient (Wildman–Crippen LogP) is 1.39. The molecule has 0 aliphatic carbocycles. The first-order chi connectivity index (χ1) is 8.33. The minimum Gasteiger partial charge on any atom is -0.319 e. The summed E-state index contributed by atoms with van der Waals surface area (Å²) in [6.45, 7) is 2.16. The molecule has 2 N–H and O–H groups in total. The van der Waals surface area contributed by atoms with Gasteiger partial charge in [-0.15, -0.1) is 0 Å². The summed E-state index contributed by atoms with van der Waals surface area (Å²) in [5, 5.41) is 3.41. The molecule has 2 heterocycles. The Morgan fingerprint density at radius 3 is 3.12 bits per heavy atom. The van der Waals surface area contributed by atoms with E-state index in [1.54, 1.807) is 0 Å². The third-order valence-electron chi connectivity index (χ3n) is 3.37. The second kappa shape index (κ2) is 4.30. The van der Waals surface area contributed by atoms with Crippen molar-refractivity contribution in [2.24, 2.45) is 0 Å². The molecule has 88 valence electrons. The molecule has 0 spiro atoms. The number of aromatic amines is 1. The van der Waals surface area contributed by atoms with E-state index in [1.807, 2.05) is 6.07 Å². The van der Waals surface area contributed by atoms with Gasteiger partial charge in [-0.25, -0.2) is 4.98 Å². The van der Waals surface area contributed by atoms with E-state index in [4.69, 9.17) is 0 Å². The minimum absolute atomic E-state index is 0.149. The average molecular weight is 229 g/mol. The first-order valence-corrected chi connectivity index (χ1v) is 6.02. The lowest BCUT2D eigenvalue weighted by molar-refractivity contribution is 0.462. The number of H-pyrrole nitrogens is 1. The number of hydrogen-bond donors (Lipinski definition) is 2. The molecule has 3 rings (SSSR count). The summed E-state index contributed by atoms with van der Waals surface area (Å²) in [7, 11) is 0. The number of benzene rings is 1. The summed E-state index contributed by atoms with van der Waals surface area (Å²) in [6, 6.07) is 6.13. The largest absolute Gasteiger partial charge is 0.319 e. The number of nitrogens with zero attached hydrogens (tertiary/aromatic N) is 1. The van der Waals surface area contributed by atoms with Crippen LogP contribution in [0.1, 0.15) is 24.3 Å². The molecule has 1 fully saturated rings. The Labute approximate surface area is 99.1 Å². The molecule has 1 aliphatic heterocycles.